The first-order valence-corrected chi connectivity index (χ1v) is 6.27. The Bertz CT molecular complexity index is 201. The fraction of sp³-hybridized carbons (Fsp3) is 1.00. The second-order valence-corrected chi connectivity index (χ2v) is 6.07. The Morgan fingerprint density at radius 3 is 2.33 bits per heavy atom. The number of ether oxygens (including phenoxy) is 1. The van der Waals surface area contributed by atoms with Crippen molar-refractivity contribution < 1.29 is 4.74 Å². The lowest BCUT2D eigenvalue weighted by molar-refractivity contribution is -0.0840. The van der Waals surface area contributed by atoms with E-state index in [4.69, 9.17) is 10.5 Å². The maximum Gasteiger partial charge on any atom is 0.0807 e. The highest BCUT2D eigenvalue weighted by molar-refractivity contribution is 4.89. The van der Waals surface area contributed by atoms with Crippen molar-refractivity contribution in [3.8, 4) is 0 Å². The van der Waals surface area contributed by atoms with Gasteiger partial charge >= 0.3 is 0 Å². The van der Waals surface area contributed by atoms with E-state index >= 15 is 0 Å². The summed E-state index contributed by atoms with van der Waals surface area (Å²) in [4.78, 5) is 0. The minimum absolute atomic E-state index is 0.0397. The average molecular weight is 213 g/mol. The fourth-order valence-corrected chi connectivity index (χ4v) is 2.58. The second-order valence-electron chi connectivity index (χ2n) is 6.07. The van der Waals surface area contributed by atoms with Crippen LogP contribution in [-0.2, 0) is 4.74 Å². The van der Waals surface area contributed by atoms with Gasteiger partial charge in [0.25, 0.3) is 0 Å². The van der Waals surface area contributed by atoms with Crippen LogP contribution < -0.4 is 5.73 Å². The first-order valence-electron chi connectivity index (χ1n) is 6.27. The van der Waals surface area contributed by atoms with Gasteiger partial charge in [-0.15, -0.1) is 0 Å². The average Bonchev–Trinajstić information content (AvgIpc) is 2.26. The summed E-state index contributed by atoms with van der Waals surface area (Å²) in [5.74, 6) is 0. The summed E-state index contributed by atoms with van der Waals surface area (Å²) in [6.07, 6.45) is 6.32. The van der Waals surface area contributed by atoms with Gasteiger partial charge in [0.15, 0.2) is 0 Å². The highest BCUT2D eigenvalue weighted by Crippen LogP contribution is 2.39. The molecule has 0 amide bonds. The van der Waals surface area contributed by atoms with Crippen molar-refractivity contribution in [2.45, 2.75) is 71.5 Å². The summed E-state index contributed by atoms with van der Waals surface area (Å²) >= 11 is 0. The Morgan fingerprint density at radius 1 is 1.13 bits per heavy atom. The van der Waals surface area contributed by atoms with Gasteiger partial charge in [-0.1, -0.05) is 20.3 Å². The van der Waals surface area contributed by atoms with Gasteiger partial charge in [0.05, 0.1) is 11.7 Å². The molecule has 2 heteroatoms. The van der Waals surface area contributed by atoms with Crippen molar-refractivity contribution in [2.75, 3.05) is 6.54 Å². The zero-order valence-corrected chi connectivity index (χ0v) is 10.8. The topological polar surface area (TPSA) is 35.2 Å². The lowest BCUT2D eigenvalue weighted by atomic mass is 9.84. The van der Waals surface area contributed by atoms with Crippen LogP contribution in [0.4, 0.5) is 0 Å². The van der Waals surface area contributed by atoms with Crippen LogP contribution in [0.25, 0.3) is 0 Å². The molecule has 1 aliphatic rings. The maximum atomic E-state index is 6.08. The van der Waals surface area contributed by atoms with Crippen molar-refractivity contribution in [1.29, 1.82) is 0 Å². The van der Waals surface area contributed by atoms with E-state index in [1.54, 1.807) is 0 Å². The third-order valence-electron chi connectivity index (χ3n) is 3.60. The minimum atomic E-state index is -0.0397. The molecular formula is C13H27NO. The summed E-state index contributed by atoms with van der Waals surface area (Å²) in [6, 6.07) is 0. The zero-order chi connectivity index (χ0) is 11.5. The number of rotatable bonds is 3. The number of nitrogens with two attached hydrogens (primary N) is 1. The molecule has 0 saturated heterocycles. The molecule has 1 unspecified atom stereocenters. The van der Waals surface area contributed by atoms with Gasteiger partial charge in [0, 0.05) is 6.54 Å². The van der Waals surface area contributed by atoms with Crippen LogP contribution in [-0.4, -0.2) is 18.2 Å². The highest BCUT2D eigenvalue weighted by atomic mass is 16.5. The molecule has 0 aromatic carbocycles. The molecule has 0 heterocycles. The van der Waals surface area contributed by atoms with Crippen molar-refractivity contribution in [2.24, 2.45) is 11.1 Å². The summed E-state index contributed by atoms with van der Waals surface area (Å²) in [5.41, 5.74) is 6.35. The first-order chi connectivity index (χ1) is 6.89. The van der Waals surface area contributed by atoms with Crippen LogP contribution in [0.5, 0.6) is 0 Å². The normalized spacial score (nSPS) is 31.6. The van der Waals surface area contributed by atoms with E-state index in [1.165, 1.54) is 19.3 Å². The molecule has 1 saturated carbocycles. The van der Waals surface area contributed by atoms with E-state index < -0.39 is 0 Å². The van der Waals surface area contributed by atoms with Crippen LogP contribution in [0, 0.1) is 5.41 Å². The van der Waals surface area contributed by atoms with E-state index in [0.29, 0.717) is 12.0 Å². The number of hydrogen-bond acceptors (Lipinski definition) is 2. The Morgan fingerprint density at radius 2 is 1.80 bits per heavy atom. The van der Waals surface area contributed by atoms with E-state index in [0.717, 1.165) is 12.8 Å². The highest BCUT2D eigenvalue weighted by Gasteiger charge is 2.35. The molecule has 90 valence electrons. The first kappa shape index (κ1) is 13.0. The molecule has 1 aliphatic carbocycles. The lowest BCUT2D eigenvalue weighted by Gasteiger charge is -2.34. The van der Waals surface area contributed by atoms with Gasteiger partial charge in [-0.2, -0.15) is 0 Å². The molecule has 0 aliphatic heterocycles. The molecule has 15 heavy (non-hydrogen) atoms. The molecule has 1 rings (SSSR count). The summed E-state index contributed by atoms with van der Waals surface area (Å²) in [6.45, 7) is 9.59. The zero-order valence-electron chi connectivity index (χ0n) is 10.8. The SMILES string of the molecule is CC(C)OC1(CN)CCCC(C)(C)CC1. The third kappa shape index (κ3) is 3.76. The summed E-state index contributed by atoms with van der Waals surface area (Å²) in [5, 5.41) is 0. The Hall–Kier alpha value is -0.0800. The molecule has 1 atom stereocenters. The Balaban J connectivity index is 2.65. The second kappa shape index (κ2) is 4.84. The van der Waals surface area contributed by atoms with Crippen LogP contribution >= 0.6 is 0 Å². The smallest absolute Gasteiger partial charge is 0.0807 e. The quantitative estimate of drug-likeness (QED) is 0.731. The lowest BCUT2D eigenvalue weighted by Crippen LogP contribution is -2.42. The van der Waals surface area contributed by atoms with E-state index in [1.807, 2.05) is 0 Å². The Labute approximate surface area is 94.6 Å². The van der Waals surface area contributed by atoms with Crippen molar-refractivity contribution in [3.63, 3.8) is 0 Å². The molecule has 2 nitrogen and oxygen atoms in total. The van der Waals surface area contributed by atoms with Crippen molar-refractivity contribution >= 4 is 0 Å². The van der Waals surface area contributed by atoms with Crippen molar-refractivity contribution in [1.82, 2.24) is 0 Å². The molecule has 1 fully saturated rings. The summed E-state index contributed by atoms with van der Waals surface area (Å²) < 4.78 is 6.08. The standard InChI is InChI=1S/C13H27NO/c1-11(2)15-13(10-14)7-5-6-12(3,4)8-9-13/h11H,5-10,14H2,1-4H3. The van der Waals surface area contributed by atoms with Crippen LogP contribution in [0.15, 0.2) is 0 Å². The molecule has 2 N–H and O–H groups in total. The van der Waals surface area contributed by atoms with E-state index in [9.17, 15) is 0 Å². The van der Waals surface area contributed by atoms with Crippen LogP contribution in [0.3, 0.4) is 0 Å². The molecule has 0 aromatic rings. The van der Waals surface area contributed by atoms with Gasteiger partial charge < -0.3 is 10.5 Å². The number of hydrogen-bond donors (Lipinski definition) is 1. The van der Waals surface area contributed by atoms with Gasteiger partial charge in [0.2, 0.25) is 0 Å². The van der Waals surface area contributed by atoms with Gasteiger partial charge in [-0.05, 0) is 44.9 Å². The summed E-state index contributed by atoms with van der Waals surface area (Å²) in [7, 11) is 0. The largest absolute Gasteiger partial charge is 0.371 e. The fourth-order valence-electron chi connectivity index (χ4n) is 2.58. The van der Waals surface area contributed by atoms with E-state index in [2.05, 4.69) is 27.7 Å². The molecular weight excluding hydrogens is 186 g/mol. The van der Waals surface area contributed by atoms with Gasteiger partial charge in [-0.25, -0.2) is 0 Å². The Kier molecular flexibility index (Phi) is 4.19. The maximum absolute atomic E-state index is 6.08. The van der Waals surface area contributed by atoms with Crippen LogP contribution in [0.1, 0.15) is 59.8 Å². The van der Waals surface area contributed by atoms with E-state index in [-0.39, 0.29) is 11.7 Å². The third-order valence-corrected chi connectivity index (χ3v) is 3.60. The molecule has 0 aromatic heterocycles. The van der Waals surface area contributed by atoms with Gasteiger partial charge in [-0.3, -0.25) is 0 Å². The van der Waals surface area contributed by atoms with Gasteiger partial charge in [0.1, 0.15) is 0 Å². The predicted octanol–water partition coefficient (Wildman–Crippen LogP) is 3.10. The monoisotopic (exact) mass is 213 g/mol. The van der Waals surface area contributed by atoms with Crippen molar-refractivity contribution in [3.05, 3.63) is 0 Å². The molecule has 0 radical (unpaired) electrons. The minimum Gasteiger partial charge on any atom is -0.371 e. The molecule has 0 bridgehead atoms. The molecule has 0 spiro atoms. The van der Waals surface area contributed by atoms with Crippen LogP contribution in [0.2, 0.25) is 0 Å². The predicted molar refractivity (Wildman–Crippen MR) is 64.9 cm³/mol.